The molecule has 0 aliphatic heterocycles. The second kappa shape index (κ2) is 7.36. The fourth-order valence-corrected chi connectivity index (χ4v) is 1.20. The van der Waals surface area contributed by atoms with Crippen LogP contribution in [0, 0.1) is 0 Å². The minimum Gasteiger partial charge on any atom is -0.341 e. The summed E-state index contributed by atoms with van der Waals surface area (Å²) in [6, 6.07) is -1.02. The van der Waals surface area contributed by atoms with Gasteiger partial charge in [-0.05, 0) is 6.92 Å². The number of rotatable bonds is 5. The topological polar surface area (TPSA) is 87.3 Å². The van der Waals surface area contributed by atoms with Crippen molar-refractivity contribution in [1.29, 1.82) is 0 Å². The van der Waals surface area contributed by atoms with Crippen LogP contribution in [0.1, 0.15) is 6.92 Å². The van der Waals surface area contributed by atoms with Gasteiger partial charge in [-0.3, -0.25) is 14.3 Å². The Kier molecular flexibility index (Phi) is 6.89. The molecule has 0 spiro atoms. The van der Waals surface area contributed by atoms with Gasteiger partial charge in [-0.15, -0.1) is 0 Å². The van der Waals surface area contributed by atoms with Crippen molar-refractivity contribution in [1.82, 2.24) is 16.0 Å². The highest BCUT2D eigenvalue weighted by Crippen LogP contribution is 1.82. The summed E-state index contributed by atoms with van der Waals surface area (Å²) < 4.78 is 10.7. The molecule has 0 saturated heterocycles. The Balaban J connectivity index is 3.79. The molecule has 0 aromatic rings. The molecular formula is C8H17N3O3S. The quantitative estimate of drug-likeness (QED) is 0.558. The predicted octanol–water partition coefficient (Wildman–Crippen LogP) is -1.20. The molecule has 0 bridgehead atoms. The number of hydrogen-bond donors (Lipinski definition) is 3. The minimum absolute atomic E-state index is 0.406. The monoisotopic (exact) mass is 235 g/mol. The Bertz CT molecular complexity index is 258. The lowest BCUT2D eigenvalue weighted by atomic mass is 10.3. The minimum atomic E-state index is -0.881. The standard InChI is InChI=1S/C8H17N3O3S/c1-6(10-4-5-15(3)14)7(12)11-8(13)9-2/h6,10H,4-5H2,1-3H3,(H2,9,11,12,13). The van der Waals surface area contributed by atoms with Crippen molar-refractivity contribution >= 4 is 22.7 Å². The highest BCUT2D eigenvalue weighted by atomic mass is 32.2. The zero-order valence-electron chi connectivity index (χ0n) is 9.12. The van der Waals surface area contributed by atoms with Gasteiger partial charge in [0, 0.05) is 36.4 Å². The van der Waals surface area contributed by atoms with Gasteiger partial charge < -0.3 is 10.6 Å². The van der Waals surface area contributed by atoms with E-state index in [0.29, 0.717) is 12.3 Å². The summed E-state index contributed by atoms with van der Waals surface area (Å²) in [5.41, 5.74) is 0. The van der Waals surface area contributed by atoms with E-state index in [1.165, 1.54) is 7.05 Å². The zero-order valence-corrected chi connectivity index (χ0v) is 9.94. The van der Waals surface area contributed by atoms with Crippen LogP contribution in [0.2, 0.25) is 0 Å². The number of nitrogens with one attached hydrogen (secondary N) is 3. The van der Waals surface area contributed by atoms with E-state index in [9.17, 15) is 13.8 Å². The van der Waals surface area contributed by atoms with Gasteiger partial charge in [0.05, 0.1) is 6.04 Å². The van der Waals surface area contributed by atoms with Gasteiger partial charge in [0.15, 0.2) is 0 Å². The highest BCUT2D eigenvalue weighted by molar-refractivity contribution is 7.84. The van der Waals surface area contributed by atoms with Crippen molar-refractivity contribution < 1.29 is 13.8 Å². The van der Waals surface area contributed by atoms with Crippen LogP contribution in [0.3, 0.4) is 0 Å². The number of carbonyl (C=O) groups is 2. The largest absolute Gasteiger partial charge is 0.341 e. The molecule has 15 heavy (non-hydrogen) atoms. The Morgan fingerprint density at radius 2 is 2.00 bits per heavy atom. The number of amides is 3. The maximum atomic E-state index is 11.3. The number of carbonyl (C=O) groups excluding carboxylic acids is 2. The maximum absolute atomic E-state index is 11.3. The molecule has 0 aromatic heterocycles. The molecule has 3 amide bonds. The average Bonchev–Trinajstić information content (AvgIpc) is 2.16. The lowest BCUT2D eigenvalue weighted by molar-refractivity contribution is -0.121. The molecule has 6 nitrogen and oxygen atoms in total. The van der Waals surface area contributed by atoms with Gasteiger partial charge in [-0.2, -0.15) is 0 Å². The molecule has 2 atom stereocenters. The normalized spacial score (nSPS) is 14.1. The van der Waals surface area contributed by atoms with Crippen LogP contribution in [-0.2, 0) is 15.6 Å². The molecule has 0 aliphatic carbocycles. The number of urea groups is 1. The number of imide groups is 1. The van der Waals surface area contributed by atoms with Gasteiger partial charge in [-0.25, -0.2) is 4.79 Å². The summed E-state index contributed by atoms with van der Waals surface area (Å²) in [5, 5.41) is 7.28. The van der Waals surface area contributed by atoms with Crippen molar-refractivity contribution in [2.45, 2.75) is 13.0 Å². The molecule has 0 radical (unpaired) electrons. The summed E-state index contributed by atoms with van der Waals surface area (Å²) in [7, 11) is 0.550. The molecule has 7 heteroatoms. The zero-order chi connectivity index (χ0) is 11.8. The summed E-state index contributed by atoms with van der Waals surface area (Å²) in [5.74, 6) is 0.0775. The highest BCUT2D eigenvalue weighted by Gasteiger charge is 2.13. The van der Waals surface area contributed by atoms with Crippen LogP contribution in [0.5, 0.6) is 0 Å². The summed E-state index contributed by atoms with van der Waals surface area (Å²) in [6.07, 6.45) is 1.59. The first kappa shape index (κ1) is 14.1. The van der Waals surface area contributed by atoms with Crippen LogP contribution in [0.25, 0.3) is 0 Å². The predicted molar refractivity (Wildman–Crippen MR) is 59.0 cm³/mol. The van der Waals surface area contributed by atoms with Crippen molar-refractivity contribution in [2.75, 3.05) is 25.6 Å². The molecule has 3 N–H and O–H groups in total. The summed E-state index contributed by atoms with van der Waals surface area (Å²) >= 11 is 0. The van der Waals surface area contributed by atoms with Crippen LogP contribution >= 0.6 is 0 Å². The molecule has 0 heterocycles. The molecule has 2 unspecified atom stereocenters. The molecule has 0 aliphatic rings. The first-order valence-electron chi connectivity index (χ1n) is 4.53. The van der Waals surface area contributed by atoms with Gasteiger partial charge in [0.1, 0.15) is 0 Å². The third kappa shape index (κ3) is 7.03. The van der Waals surface area contributed by atoms with Crippen molar-refractivity contribution in [3.8, 4) is 0 Å². The second-order valence-electron chi connectivity index (χ2n) is 3.02. The third-order valence-corrected chi connectivity index (χ3v) is 2.48. The van der Waals surface area contributed by atoms with Gasteiger partial charge in [0.2, 0.25) is 5.91 Å². The molecule has 0 fully saturated rings. The first-order valence-corrected chi connectivity index (χ1v) is 6.26. The fraction of sp³-hybridized carbons (Fsp3) is 0.750. The maximum Gasteiger partial charge on any atom is 0.321 e. The smallest absolute Gasteiger partial charge is 0.321 e. The van der Waals surface area contributed by atoms with E-state index in [2.05, 4.69) is 16.0 Å². The fourth-order valence-electron chi connectivity index (χ4n) is 0.795. The SMILES string of the molecule is CNC(=O)NC(=O)C(C)NCCS(C)=O. The Labute approximate surface area is 91.6 Å². The van der Waals surface area contributed by atoms with Crippen molar-refractivity contribution in [3.05, 3.63) is 0 Å². The molecule has 0 aromatic carbocycles. The van der Waals surface area contributed by atoms with E-state index >= 15 is 0 Å². The number of hydrogen-bond acceptors (Lipinski definition) is 4. The lowest BCUT2D eigenvalue weighted by Gasteiger charge is -2.12. The average molecular weight is 235 g/mol. The molecular weight excluding hydrogens is 218 g/mol. The van der Waals surface area contributed by atoms with Gasteiger partial charge in [0.25, 0.3) is 0 Å². The van der Waals surface area contributed by atoms with E-state index in [0.717, 1.165) is 0 Å². The van der Waals surface area contributed by atoms with E-state index in [-0.39, 0.29) is 0 Å². The lowest BCUT2D eigenvalue weighted by Crippen LogP contribution is -2.47. The van der Waals surface area contributed by atoms with E-state index in [1.807, 2.05) is 0 Å². The van der Waals surface area contributed by atoms with E-state index < -0.39 is 28.8 Å². The second-order valence-corrected chi connectivity index (χ2v) is 4.58. The van der Waals surface area contributed by atoms with Crippen LogP contribution < -0.4 is 16.0 Å². The van der Waals surface area contributed by atoms with Crippen molar-refractivity contribution in [2.24, 2.45) is 0 Å². The van der Waals surface area contributed by atoms with Gasteiger partial charge >= 0.3 is 6.03 Å². The molecule has 0 rings (SSSR count). The summed E-state index contributed by atoms with van der Waals surface area (Å²) in [6.45, 7) is 2.11. The Hall–Kier alpha value is -0.950. The van der Waals surface area contributed by atoms with Crippen LogP contribution in [0.4, 0.5) is 4.79 Å². The first-order chi connectivity index (χ1) is 6.97. The van der Waals surface area contributed by atoms with E-state index in [4.69, 9.17) is 0 Å². The van der Waals surface area contributed by atoms with E-state index in [1.54, 1.807) is 13.2 Å². The summed E-state index contributed by atoms with van der Waals surface area (Å²) in [4.78, 5) is 22.1. The van der Waals surface area contributed by atoms with Gasteiger partial charge in [-0.1, -0.05) is 0 Å². The van der Waals surface area contributed by atoms with Crippen molar-refractivity contribution in [3.63, 3.8) is 0 Å². The Morgan fingerprint density at radius 1 is 1.40 bits per heavy atom. The van der Waals surface area contributed by atoms with Crippen LogP contribution in [-0.4, -0.2) is 47.8 Å². The Morgan fingerprint density at radius 3 is 2.47 bits per heavy atom. The molecule has 0 saturated carbocycles. The molecule has 88 valence electrons. The third-order valence-electron chi connectivity index (χ3n) is 1.70. The van der Waals surface area contributed by atoms with Crippen LogP contribution in [0.15, 0.2) is 0 Å².